The van der Waals surface area contributed by atoms with Gasteiger partial charge in [-0.25, -0.2) is 8.42 Å². The summed E-state index contributed by atoms with van der Waals surface area (Å²) >= 11 is 0. The van der Waals surface area contributed by atoms with E-state index in [9.17, 15) is 8.42 Å². The zero-order chi connectivity index (χ0) is 13.7. The second kappa shape index (κ2) is 8.10. The predicted molar refractivity (Wildman–Crippen MR) is 62.4 cm³/mol. The van der Waals surface area contributed by atoms with Gasteiger partial charge in [0.05, 0.1) is 4.90 Å². The third-order valence-corrected chi connectivity index (χ3v) is 3.04. The fourth-order valence-electron chi connectivity index (χ4n) is 0.793. The molecule has 0 unspecified atom stereocenters. The van der Waals surface area contributed by atoms with Gasteiger partial charge in [0.15, 0.2) is 9.84 Å². The molecule has 0 spiro atoms. The molecule has 0 heterocycles. The van der Waals surface area contributed by atoms with Crippen LogP contribution in [0.4, 0.5) is 5.69 Å². The maximum absolute atomic E-state index is 11.2. The van der Waals surface area contributed by atoms with Crippen LogP contribution in [0.25, 0.3) is 0 Å². The van der Waals surface area contributed by atoms with E-state index in [4.69, 9.17) is 23.3 Å². The Labute approximate surface area is 128 Å². The Morgan fingerprint density at radius 2 is 1.39 bits per heavy atom. The van der Waals surface area contributed by atoms with Gasteiger partial charge < -0.3 is 12.7 Å². The van der Waals surface area contributed by atoms with E-state index < -0.39 is 20.2 Å². The molecule has 0 saturated heterocycles. The van der Waals surface area contributed by atoms with Crippen molar-refractivity contribution in [2.45, 2.75) is 4.90 Å². The molecule has 0 aromatic heterocycles. The largest absolute Gasteiger partial charge is 1.00 e. The van der Waals surface area contributed by atoms with Crippen LogP contribution in [0.2, 0.25) is 0 Å². The van der Waals surface area contributed by atoms with Crippen LogP contribution < -0.4 is 35.3 Å². The van der Waals surface area contributed by atoms with E-state index in [1.165, 1.54) is 12.1 Å². The Morgan fingerprint density at radius 3 is 1.67 bits per heavy atom. The van der Waals surface area contributed by atoms with Crippen LogP contribution in [-0.2, 0) is 20.2 Å². The second-order valence-corrected chi connectivity index (χ2v) is 5.84. The van der Waals surface area contributed by atoms with Crippen molar-refractivity contribution in [1.82, 2.24) is 0 Å². The summed E-state index contributed by atoms with van der Waals surface area (Å²) < 4.78 is 54.0. The predicted octanol–water partition coefficient (Wildman–Crippen LogP) is -2.77. The van der Waals surface area contributed by atoms with Crippen LogP contribution in [0.1, 0.15) is 0 Å². The van der Waals surface area contributed by atoms with Gasteiger partial charge in [0.25, 0.3) is 0 Å². The number of hydrogen-bond acceptors (Lipinski definition) is 5. The molecule has 0 saturated carbocycles. The average molecular weight is 305 g/mol. The summed E-state index contributed by atoms with van der Waals surface area (Å²) in [7, 11) is -7.85. The maximum atomic E-state index is 11.2. The molecule has 0 aliphatic heterocycles. The minimum absolute atomic E-state index is 0. The van der Waals surface area contributed by atoms with Crippen LogP contribution in [-0.4, -0.2) is 31.7 Å². The third-order valence-electron chi connectivity index (χ3n) is 1.51. The molecule has 18 heavy (non-hydrogen) atoms. The van der Waals surface area contributed by atoms with Gasteiger partial charge in [0.2, 0.25) is 0 Å². The number of anilines is 1. The molecule has 4 N–H and O–H groups in total. The number of nitrogen functional groups attached to an aromatic ring is 1. The van der Waals surface area contributed by atoms with Crippen molar-refractivity contribution in [2.24, 2.45) is 0 Å². The second-order valence-electron chi connectivity index (χ2n) is 2.84. The molecule has 0 bridgehead atoms. The van der Waals surface area contributed by atoms with Crippen LogP contribution in [0, 0.1) is 6.92 Å². The quantitative estimate of drug-likeness (QED) is 0.233. The SMILES string of the molecule is O=S(=O)(O)O.[CH2-]CS(=O)(=O)c1ccc(N)cc1.[Na+]. The minimum Gasteiger partial charge on any atom is -0.399 e. The molecule has 0 atom stereocenters. The van der Waals surface area contributed by atoms with E-state index in [1.54, 1.807) is 12.1 Å². The van der Waals surface area contributed by atoms with Crippen molar-refractivity contribution in [3.05, 3.63) is 31.2 Å². The average Bonchev–Trinajstić information content (AvgIpc) is 2.16. The molecular formula is C8H12NNaO6S2. The third kappa shape index (κ3) is 9.83. The van der Waals surface area contributed by atoms with E-state index in [0.29, 0.717) is 5.69 Å². The molecule has 1 aromatic rings. The van der Waals surface area contributed by atoms with Gasteiger partial charge in [-0.2, -0.15) is 8.42 Å². The van der Waals surface area contributed by atoms with Crippen molar-refractivity contribution < 1.29 is 55.5 Å². The van der Waals surface area contributed by atoms with Gasteiger partial charge in [0.1, 0.15) is 0 Å². The molecule has 10 heteroatoms. The topological polar surface area (TPSA) is 135 Å². The molecule has 98 valence electrons. The van der Waals surface area contributed by atoms with Crippen molar-refractivity contribution in [3.63, 3.8) is 0 Å². The Morgan fingerprint density at radius 1 is 1.06 bits per heavy atom. The molecule has 1 rings (SSSR count). The molecule has 1 aromatic carbocycles. The number of hydrogen-bond donors (Lipinski definition) is 3. The summed E-state index contributed by atoms with van der Waals surface area (Å²) in [6.45, 7) is 3.34. The summed E-state index contributed by atoms with van der Waals surface area (Å²) in [5.74, 6) is -0.128. The molecule has 0 radical (unpaired) electrons. The van der Waals surface area contributed by atoms with Gasteiger partial charge >= 0.3 is 40.0 Å². The Hall–Kier alpha value is -0.160. The van der Waals surface area contributed by atoms with Crippen LogP contribution in [0.15, 0.2) is 29.2 Å². The van der Waals surface area contributed by atoms with Gasteiger partial charge in [-0.05, 0) is 24.3 Å². The summed E-state index contributed by atoms with van der Waals surface area (Å²) in [6, 6.07) is 6.08. The number of rotatable bonds is 2. The van der Waals surface area contributed by atoms with E-state index in [1.807, 2.05) is 0 Å². The van der Waals surface area contributed by atoms with Crippen LogP contribution in [0.5, 0.6) is 0 Å². The molecular weight excluding hydrogens is 293 g/mol. The fourth-order valence-corrected chi connectivity index (χ4v) is 1.58. The molecule has 0 amide bonds. The van der Waals surface area contributed by atoms with Crippen molar-refractivity contribution in [1.29, 1.82) is 0 Å². The standard InChI is InChI=1S/C8H10NO2S.Na.H2O4S/c1-2-12(10,11)8-5-3-7(9)4-6-8;;1-5(2,3)4/h3-6H,1-2,9H2;;(H2,1,2,3,4)/q-1;+1;. The number of benzene rings is 1. The Balaban J connectivity index is 0. The first-order valence-electron chi connectivity index (χ1n) is 4.13. The fraction of sp³-hybridized carbons (Fsp3) is 0.125. The summed E-state index contributed by atoms with van der Waals surface area (Å²) in [6.07, 6.45) is 0. The van der Waals surface area contributed by atoms with Gasteiger partial charge in [0, 0.05) is 5.69 Å². The summed E-state index contributed by atoms with van der Waals surface area (Å²) in [5, 5.41) is 0. The molecule has 0 fully saturated rings. The zero-order valence-corrected chi connectivity index (χ0v) is 13.3. The maximum Gasteiger partial charge on any atom is 1.00 e. The van der Waals surface area contributed by atoms with E-state index in [0.717, 1.165) is 0 Å². The van der Waals surface area contributed by atoms with Crippen molar-refractivity contribution >= 4 is 25.9 Å². The van der Waals surface area contributed by atoms with Crippen LogP contribution in [0.3, 0.4) is 0 Å². The molecule has 0 aliphatic carbocycles. The monoisotopic (exact) mass is 305 g/mol. The Bertz CT molecular complexity index is 544. The summed E-state index contributed by atoms with van der Waals surface area (Å²) in [5.41, 5.74) is 5.95. The van der Waals surface area contributed by atoms with Crippen molar-refractivity contribution in [3.8, 4) is 0 Å². The molecule has 0 aliphatic rings. The van der Waals surface area contributed by atoms with E-state index in [2.05, 4.69) is 6.92 Å². The smallest absolute Gasteiger partial charge is 0.399 e. The van der Waals surface area contributed by atoms with E-state index in [-0.39, 0.29) is 40.2 Å². The van der Waals surface area contributed by atoms with Crippen molar-refractivity contribution in [2.75, 3.05) is 11.5 Å². The van der Waals surface area contributed by atoms with E-state index >= 15 is 0 Å². The van der Waals surface area contributed by atoms with Gasteiger partial charge in [-0.15, -0.1) is 0 Å². The molecule has 7 nitrogen and oxygen atoms in total. The van der Waals surface area contributed by atoms with Gasteiger partial charge in [-0.3, -0.25) is 9.11 Å². The Kier molecular flexibility index (Phi) is 9.07. The first kappa shape index (κ1) is 20.2. The first-order chi connectivity index (χ1) is 7.56. The first-order valence-corrected chi connectivity index (χ1v) is 7.18. The zero-order valence-electron chi connectivity index (χ0n) is 9.64. The van der Waals surface area contributed by atoms with Gasteiger partial charge in [-0.1, -0.05) is 5.75 Å². The van der Waals surface area contributed by atoms with Crippen LogP contribution >= 0.6 is 0 Å². The normalized spacial score (nSPS) is 10.8. The summed E-state index contributed by atoms with van der Waals surface area (Å²) in [4.78, 5) is 0.270. The number of nitrogens with two attached hydrogens (primary N) is 1. The minimum atomic E-state index is -4.67. The number of sulfone groups is 1.